The molecule has 2 unspecified atom stereocenters. The van der Waals surface area contributed by atoms with Crippen LogP contribution in [0.3, 0.4) is 0 Å². The Kier molecular flexibility index (Phi) is 5.07. The van der Waals surface area contributed by atoms with E-state index in [-0.39, 0.29) is 23.9 Å². The van der Waals surface area contributed by atoms with Gasteiger partial charge in [-0.15, -0.1) is 10.2 Å². The largest absolute Gasteiger partial charge is 0.348 e. The molecule has 2 aliphatic heterocycles. The average Bonchev–Trinajstić information content (AvgIpc) is 3.41. The number of hydrogen-bond acceptors (Lipinski definition) is 6. The molecule has 2 amide bonds. The minimum atomic E-state index is -0.244. The maximum absolute atomic E-state index is 12.9. The second kappa shape index (κ2) is 7.64. The first-order chi connectivity index (χ1) is 13.1. The summed E-state index contributed by atoms with van der Waals surface area (Å²) >= 11 is 1.40. The molecule has 1 aromatic carbocycles. The number of carbonyl (C=O) groups is 2. The van der Waals surface area contributed by atoms with Crippen LogP contribution in [0.5, 0.6) is 0 Å². The highest BCUT2D eigenvalue weighted by atomic mass is 32.1. The Hall–Kier alpha value is -2.48. The van der Waals surface area contributed by atoms with Gasteiger partial charge in [0, 0.05) is 19.5 Å². The third kappa shape index (κ3) is 3.66. The van der Waals surface area contributed by atoms with Gasteiger partial charge in [0.15, 0.2) is 0 Å². The second-order valence-electron chi connectivity index (χ2n) is 7.01. The van der Waals surface area contributed by atoms with Gasteiger partial charge >= 0.3 is 0 Å². The fourth-order valence-electron chi connectivity index (χ4n) is 3.69. The Morgan fingerprint density at radius 3 is 2.70 bits per heavy atom. The summed E-state index contributed by atoms with van der Waals surface area (Å²) in [5.74, 6) is 0.114. The zero-order valence-corrected chi connectivity index (χ0v) is 16.1. The Morgan fingerprint density at radius 2 is 1.96 bits per heavy atom. The Bertz CT molecular complexity index is 825. The summed E-state index contributed by atoms with van der Waals surface area (Å²) in [5, 5.41) is 12.9. The second-order valence-corrected chi connectivity index (χ2v) is 7.94. The summed E-state index contributed by atoms with van der Waals surface area (Å²) in [6, 6.07) is 9.65. The highest BCUT2D eigenvalue weighted by molar-refractivity contribution is 7.19. The normalized spacial score (nSPS) is 20.9. The summed E-state index contributed by atoms with van der Waals surface area (Å²) in [6.45, 7) is 3.47. The van der Waals surface area contributed by atoms with Crippen molar-refractivity contribution in [2.75, 3.05) is 22.9 Å². The number of amides is 2. The fraction of sp³-hybridized carbons (Fsp3) is 0.474. The molecule has 142 valence electrons. The van der Waals surface area contributed by atoms with Crippen molar-refractivity contribution in [1.82, 2.24) is 15.5 Å². The Labute approximate surface area is 162 Å². The molecule has 3 heterocycles. The van der Waals surface area contributed by atoms with Gasteiger partial charge in [0.1, 0.15) is 6.04 Å². The average molecular weight is 385 g/mol. The molecule has 2 aromatic rings. The molecule has 0 radical (unpaired) electrons. The number of aromatic nitrogens is 2. The minimum absolute atomic E-state index is 0.0119. The van der Waals surface area contributed by atoms with Crippen LogP contribution in [0.2, 0.25) is 0 Å². The summed E-state index contributed by atoms with van der Waals surface area (Å²) in [4.78, 5) is 28.5. The van der Waals surface area contributed by atoms with E-state index in [0.29, 0.717) is 18.1 Å². The number of rotatable bonds is 5. The predicted octanol–water partition coefficient (Wildman–Crippen LogP) is 2.51. The van der Waals surface area contributed by atoms with Crippen molar-refractivity contribution in [2.24, 2.45) is 0 Å². The minimum Gasteiger partial charge on any atom is -0.348 e. The van der Waals surface area contributed by atoms with Crippen LogP contribution >= 0.6 is 11.3 Å². The maximum Gasteiger partial charge on any atom is 0.243 e. The molecule has 0 bridgehead atoms. The first-order valence-electron chi connectivity index (χ1n) is 9.39. The van der Waals surface area contributed by atoms with Crippen molar-refractivity contribution in [3.63, 3.8) is 0 Å². The van der Waals surface area contributed by atoms with Gasteiger partial charge in [-0.3, -0.25) is 14.5 Å². The van der Waals surface area contributed by atoms with Gasteiger partial charge in [-0.1, -0.05) is 41.7 Å². The first kappa shape index (κ1) is 17.9. The monoisotopic (exact) mass is 385 g/mol. The van der Waals surface area contributed by atoms with Gasteiger partial charge in [-0.2, -0.15) is 0 Å². The van der Waals surface area contributed by atoms with E-state index < -0.39 is 0 Å². The summed E-state index contributed by atoms with van der Waals surface area (Å²) in [7, 11) is 0. The van der Waals surface area contributed by atoms with Crippen LogP contribution in [0.15, 0.2) is 30.3 Å². The van der Waals surface area contributed by atoms with Crippen molar-refractivity contribution >= 4 is 33.4 Å². The quantitative estimate of drug-likeness (QED) is 0.856. The van der Waals surface area contributed by atoms with Crippen LogP contribution in [0.1, 0.15) is 44.2 Å². The van der Waals surface area contributed by atoms with E-state index >= 15 is 0 Å². The summed E-state index contributed by atoms with van der Waals surface area (Å²) in [6.07, 6.45) is 3.17. The van der Waals surface area contributed by atoms with Crippen molar-refractivity contribution in [3.05, 3.63) is 35.9 Å². The molecule has 2 saturated heterocycles. The van der Waals surface area contributed by atoms with E-state index in [1.54, 1.807) is 4.90 Å². The van der Waals surface area contributed by atoms with Crippen LogP contribution in [0.4, 0.5) is 10.3 Å². The van der Waals surface area contributed by atoms with Crippen molar-refractivity contribution in [2.45, 2.75) is 44.7 Å². The lowest BCUT2D eigenvalue weighted by molar-refractivity contribution is -0.122. The van der Waals surface area contributed by atoms with Gasteiger partial charge in [0.25, 0.3) is 0 Å². The third-order valence-electron chi connectivity index (χ3n) is 5.17. The van der Waals surface area contributed by atoms with E-state index in [1.807, 2.05) is 42.2 Å². The SMILES string of the molecule is CC(NC(=O)C1CCCN1c1nnc(N2CCCC2=O)s1)c1ccccc1. The van der Waals surface area contributed by atoms with Gasteiger partial charge in [-0.25, -0.2) is 0 Å². The van der Waals surface area contributed by atoms with E-state index in [9.17, 15) is 9.59 Å². The molecule has 27 heavy (non-hydrogen) atoms. The lowest BCUT2D eigenvalue weighted by Gasteiger charge is -2.24. The summed E-state index contributed by atoms with van der Waals surface area (Å²) < 4.78 is 0. The topological polar surface area (TPSA) is 78.4 Å². The van der Waals surface area contributed by atoms with E-state index in [0.717, 1.165) is 36.5 Å². The van der Waals surface area contributed by atoms with Gasteiger partial charge in [0.2, 0.25) is 22.1 Å². The Balaban J connectivity index is 1.45. The molecule has 8 heteroatoms. The molecule has 0 saturated carbocycles. The van der Waals surface area contributed by atoms with Crippen LogP contribution in [-0.4, -0.2) is 41.1 Å². The molecular formula is C19H23N5O2S. The molecular weight excluding hydrogens is 362 g/mol. The number of hydrogen-bond donors (Lipinski definition) is 1. The first-order valence-corrected chi connectivity index (χ1v) is 10.2. The van der Waals surface area contributed by atoms with Crippen molar-refractivity contribution in [3.8, 4) is 0 Å². The molecule has 2 aliphatic rings. The van der Waals surface area contributed by atoms with E-state index in [4.69, 9.17) is 0 Å². The Morgan fingerprint density at radius 1 is 1.19 bits per heavy atom. The summed E-state index contributed by atoms with van der Waals surface area (Å²) in [5.41, 5.74) is 1.08. The van der Waals surface area contributed by atoms with E-state index in [2.05, 4.69) is 15.5 Å². The lowest BCUT2D eigenvalue weighted by atomic mass is 10.1. The van der Waals surface area contributed by atoms with Crippen molar-refractivity contribution < 1.29 is 9.59 Å². The van der Waals surface area contributed by atoms with Crippen LogP contribution in [0, 0.1) is 0 Å². The number of carbonyl (C=O) groups excluding carboxylic acids is 2. The number of benzene rings is 1. The van der Waals surface area contributed by atoms with Gasteiger partial charge in [-0.05, 0) is 31.7 Å². The van der Waals surface area contributed by atoms with Crippen LogP contribution in [-0.2, 0) is 9.59 Å². The smallest absolute Gasteiger partial charge is 0.243 e. The molecule has 4 rings (SSSR count). The molecule has 1 N–H and O–H groups in total. The lowest BCUT2D eigenvalue weighted by Crippen LogP contribution is -2.44. The fourth-order valence-corrected chi connectivity index (χ4v) is 4.65. The predicted molar refractivity (Wildman–Crippen MR) is 105 cm³/mol. The zero-order chi connectivity index (χ0) is 18.8. The zero-order valence-electron chi connectivity index (χ0n) is 15.3. The van der Waals surface area contributed by atoms with Gasteiger partial charge < -0.3 is 10.2 Å². The number of nitrogens with zero attached hydrogens (tertiary/aromatic N) is 4. The molecule has 7 nitrogen and oxygen atoms in total. The molecule has 1 aromatic heterocycles. The molecule has 2 fully saturated rings. The van der Waals surface area contributed by atoms with Gasteiger partial charge in [0.05, 0.1) is 6.04 Å². The van der Waals surface area contributed by atoms with Crippen molar-refractivity contribution in [1.29, 1.82) is 0 Å². The molecule has 2 atom stereocenters. The highest BCUT2D eigenvalue weighted by Crippen LogP contribution is 2.33. The maximum atomic E-state index is 12.9. The number of nitrogens with one attached hydrogen (secondary N) is 1. The molecule has 0 spiro atoms. The standard InChI is InChI=1S/C19H23N5O2S/c1-13(14-7-3-2-4-8-14)20-17(26)15-9-5-11-23(15)18-21-22-19(27-18)24-12-6-10-16(24)25/h2-4,7-8,13,15H,5-6,9-12H2,1H3,(H,20,26). The third-order valence-corrected chi connectivity index (χ3v) is 6.15. The highest BCUT2D eigenvalue weighted by Gasteiger charge is 2.34. The van der Waals surface area contributed by atoms with Crippen LogP contribution < -0.4 is 15.1 Å². The number of anilines is 2. The molecule has 0 aliphatic carbocycles. The van der Waals surface area contributed by atoms with Crippen LogP contribution in [0.25, 0.3) is 0 Å². The van der Waals surface area contributed by atoms with E-state index in [1.165, 1.54) is 11.3 Å².